The number of hydrogen-bond donors (Lipinski definition) is 1. The Morgan fingerprint density at radius 2 is 1.84 bits per heavy atom. The second kappa shape index (κ2) is 9.44. The van der Waals surface area contributed by atoms with Crippen LogP contribution in [0.15, 0.2) is 53.0 Å². The zero-order valence-corrected chi connectivity index (χ0v) is 16.0. The molecule has 2 aromatic carbocycles. The van der Waals surface area contributed by atoms with Crippen molar-refractivity contribution in [3.63, 3.8) is 0 Å². The molecule has 132 valence electrons. The van der Waals surface area contributed by atoms with Gasteiger partial charge in [-0.25, -0.2) is 0 Å². The number of nitrogens with zero attached hydrogens (tertiary/aromatic N) is 1. The van der Waals surface area contributed by atoms with Crippen molar-refractivity contribution < 1.29 is 14.3 Å². The highest BCUT2D eigenvalue weighted by molar-refractivity contribution is 9.10. The summed E-state index contributed by atoms with van der Waals surface area (Å²) in [5.74, 6) is 0.148. The van der Waals surface area contributed by atoms with E-state index < -0.39 is 0 Å². The first kappa shape index (κ1) is 19.3. The predicted octanol–water partition coefficient (Wildman–Crippen LogP) is 3.37. The highest BCUT2D eigenvalue weighted by Gasteiger charge is 2.13. The molecule has 2 rings (SSSR count). The fourth-order valence-corrected chi connectivity index (χ4v) is 2.47. The van der Waals surface area contributed by atoms with Crippen LogP contribution < -0.4 is 10.1 Å². The third kappa shape index (κ3) is 6.07. The van der Waals surface area contributed by atoms with Crippen LogP contribution >= 0.6 is 27.5 Å². The molecule has 0 radical (unpaired) electrons. The van der Waals surface area contributed by atoms with Gasteiger partial charge in [-0.3, -0.25) is 9.59 Å². The largest absolute Gasteiger partial charge is 0.492 e. The topological polar surface area (TPSA) is 58.6 Å². The first-order valence-electron chi connectivity index (χ1n) is 7.62. The maximum absolute atomic E-state index is 12.1. The highest BCUT2D eigenvalue weighted by Crippen LogP contribution is 2.16. The SMILES string of the molecule is CN(CCOc1ccc(Br)cc1)C(=O)CNC(=O)c1ccccc1Cl. The molecule has 0 bridgehead atoms. The van der Waals surface area contributed by atoms with E-state index in [0.717, 1.165) is 10.2 Å². The Bertz CT molecular complexity index is 737. The van der Waals surface area contributed by atoms with E-state index in [4.69, 9.17) is 16.3 Å². The number of rotatable bonds is 7. The number of amides is 2. The van der Waals surface area contributed by atoms with Crippen molar-refractivity contribution in [2.75, 3.05) is 26.7 Å². The Balaban J connectivity index is 1.73. The van der Waals surface area contributed by atoms with E-state index in [2.05, 4.69) is 21.2 Å². The fourth-order valence-electron chi connectivity index (χ4n) is 1.99. The summed E-state index contributed by atoms with van der Waals surface area (Å²) in [4.78, 5) is 25.6. The van der Waals surface area contributed by atoms with Crippen LogP contribution in [0.3, 0.4) is 0 Å². The average Bonchev–Trinajstić information content (AvgIpc) is 2.61. The lowest BCUT2D eigenvalue weighted by Crippen LogP contribution is -2.39. The van der Waals surface area contributed by atoms with Crippen molar-refractivity contribution in [3.05, 3.63) is 63.6 Å². The van der Waals surface area contributed by atoms with Gasteiger partial charge in [0, 0.05) is 11.5 Å². The molecular weight excluding hydrogens is 408 g/mol. The summed E-state index contributed by atoms with van der Waals surface area (Å²) in [6.07, 6.45) is 0. The number of carbonyl (C=O) groups is 2. The van der Waals surface area contributed by atoms with E-state index in [1.165, 1.54) is 4.90 Å². The van der Waals surface area contributed by atoms with Crippen molar-refractivity contribution >= 4 is 39.3 Å². The molecule has 0 aromatic heterocycles. The number of nitrogens with one attached hydrogen (secondary N) is 1. The van der Waals surface area contributed by atoms with Gasteiger partial charge in [-0.2, -0.15) is 0 Å². The molecule has 0 aliphatic rings. The number of benzene rings is 2. The Kier molecular flexibility index (Phi) is 7.28. The second-order valence-electron chi connectivity index (χ2n) is 5.28. The van der Waals surface area contributed by atoms with Gasteiger partial charge in [-0.1, -0.05) is 39.7 Å². The van der Waals surface area contributed by atoms with Gasteiger partial charge in [0.1, 0.15) is 12.4 Å². The quantitative estimate of drug-likeness (QED) is 0.740. The van der Waals surface area contributed by atoms with E-state index in [-0.39, 0.29) is 18.4 Å². The molecule has 0 saturated carbocycles. The third-order valence-electron chi connectivity index (χ3n) is 3.45. The molecule has 0 saturated heterocycles. The van der Waals surface area contributed by atoms with Crippen molar-refractivity contribution in [3.8, 4) is 5.75 Å². The van der Waals surface area contributed by atoms with Crippen molar-refractivity contribution in [2.45, 2.75) is 0 Å². The molecular formula is C18H18BrClN2O3. The molecule has 0 aliphatic carbocycles. The summed E-state index contributed by atoms with van der Waals surface area (Å²) in [6.45, 7) is 0.679. The lowest BCUT2D eigenvalue weighted by molar-refractivity contribution is -0.129. The van der Waals surface area contributed by atoms with Crippen LogP contribution in [0.5, 0.6) is 5.75 Å². The van der Waals surface area contributed by atoms with Gasteiger partial charge in [-0.05, 0) is 36.4 Å². The minimum atomic E-state index is -0.376. The summed E-state index contributed by atoms with van der Waals surface area (Å²) in [7, 11) is 1.66. The predicted molar refractivity (Wildman–Crippen MR) is 101 cm³/mol. The minimum absolute atomic E-state index is 0.0984. The minimum Gasteiger partial charge on any atom is -0.492 e. The Labute approximate surface area is 160 Å². The van der Waals surface area contributed by atoms with Crippen LogP contribution in [0, 0.1) is 0 Å². The Morgan fingerprint density at radius 1 is 1.16 bits per heavy atom. The van der Waals surface area contributed by atoms with Crippen LogP contribution in [0.25, 0.3) is 0 Å². The summed E-state index contributed by atoms with van der Waals surface area (Å²) in [5.41, 5.74) is 0.346. The van der Waals surface area contributed by atoms with Crippen LogP contribution in [0.2, 0.25) is 5.02 Å². The molecule has 0 heterocycles. The molecule has 0 spiro atoms. The summed E-state index contributed by atoms with van der Waals surface area (Å²) in [6, 6.07) is 14.1. The number of ether oxygens (including phenoxy) is 1. The molecule has 0 atom stereocenters. The molecule has 0 aliphatic heterocycles. The summed E-state index contributed by atoms with van der Waals surface area (Å²) < 4.78 is 6.55. The van der Waals surface area contributed by atoms with Gasteiger partial charge in [0.05, 0.1) is 23.7 Å². The van der Waals surface area contributed by atoms with Crippen molar-refractivity contribution in [1.29, 1.82) is 0 Å². The zero-order chi connectivity index (χ0) is 18.2. The zero-order valence-electron chi connectivity index (χ0n) is 13.7. The molecule has 7 heteroatoms. The highest BCUT2D eigenvalue weighted by atomic mass is 79.9. The molecule has 1 N–H and O–H groups in total. The van der Waals surface area contributed by atoms with E-state index >= 15 is 0 Å². The lowest BCUT2D eigenvalue weighted by Gasteiger charge is -2.18. The molecule has 2 amide bonds. The third-order valence-corrected chi connectivity index (χ3v) is 4.31. The van der Waals surface area contributed by atoms with Crippen molar-refractivity contribution in [2.24, 2.45) is 0 Å². The molecule has 25 heavy (non-hydrogen) atoms. The molecule has 5 nitrogen and oxygen atoms in total. The van der Waals surface area contributed by atoms with E-state index in [0.29, 0.717) is 23.7 Å². The normalized spacial score (nSPS) is 10.2. The number of likely N-dealkylation sites (N-methyl/N-ethyl adjacent to an activating group) is 1. The van der Waals surface area contributed by atoms with E-state index in [9.17, 15) is 9.59 Å². The Hall–Kier alpha value is -2.05. The molecule has 0 fully saturated rings. The number of carbonyl (C=O) groups excluding carboxylic acids is 2. The maximum atomic E-state index is 12.1. The lowest BCUT2D eigenvalue weighted by atomic mass is 10.2. The standard InChI is InChI=1S/C18H18BrClN2O3/c1-22(10-11-25-14-8-6-13(19)7-9-14)17(23)12-21-18(24)15-4-2-3-5-16(15)20/h2-9H,10-12H2,1H3,(H,21,24). The van der Waals surface area contributed by atoms with Gasteiger partial charge in [0.2, 0.25) is 5.91 Å². The molecule has 0 unspecified atom stereocenters. The van der Waals surface area contributed by atoms with Crippen LogP contribution in [0.1, 0.15) is 10.4 Å². The van der Waals surface area contributed by atoms with Gasteiger partial charge < -0.3 is 15.0 Å². The van der Waals surface area contributed by atoms with E-state index in [1.807, 2.05) is 24.3 Å². The Morgan fingerprint density at radius 3 is 2.52 bits per heavy atom. The second-order valence-corrected chi connectivity index (χ2v) is 6.60. The summed E-state index contributed by atoms with van der Waals surface area (Å²) >= 11 is 9.31. The van der Waals surface area contributed by atoms with Gasteiger partial charge in [0.25, 0.3) is 5.91 Å². The summed E-state index contributed by atoms with van der Waals surface area (Å²) in [5, 5.41) is 2.92. The van der Waals surface area contributed by atoms with Gasteiger partial charge >= 0.3 is 0 Å². The van der Waals surface area contributed by atoms with Crippen LogP contribution in [-0.2, 0) is 4.79 Å². The molecule has 2 aromatic rings. The van der Waals surface area contributed by atoms with Gasteiger partial charge in [-0.15, -0.1) is 0 Å². The smallest absolute Gasteiger partial charge is 0.253 e. The monoisotopic (exact) mass is 424 g/mol. The van der Waals surface area contributed by atoms with E-state index in [1.54, 1.807) is 31.3 Å². The first-order chi connectivity index (χ1) is 12.0. The fraction of sp³-hybridized carbons (Fsp3) is 0.222. The van der Waals surface area contributed by atoms with Crippen LogP contribution in [-0.4, -0.2) is 43.5 Å². The number of halogens is 2. The first-order valence-corrected chi connectivity index (χ1v) is 8.79. The van der Waals surface area contributed by atoms with Crippen molar-refractivity contribution in [1.82, 2.24) is 10.2 Å². The van der Waals surface area contributed by atoms with Gasteiger partial charge in [0.15, 0.2) is 0 Å². The maximum Gasteiger partial charge on any atom is 0.253 e. The number of hydrogen-bond acceptors (Lipinski definition) is 3. The average molecular weight is 426 g/mol. The van der Waals surface area contributed by atoms with Crippen LogP contribution in [0.4, 0.5) is 0 Å².